The molecule has 8 nitrogen and oxygen atoms in total. The van der Waals surface area contributed by atoms with Crippen molar-refractivity contribution in [2.24, 2.45) is 0 Å². The van der Waals surface area contributed by atoms with Gasteiger partial charge in [-0.2, -0.15) is 5.26 Å². The number of hydrogen-bond donors (Lipinski definition) is 1. The van der Waals surface area contributed by atoms with Crippen LogP contribution in [0.25, 0.3) is 0 Å². The molecule has 2 rings (SSSR count). The van der Waals surface area contributed by atoms with E-state index in [0.717, 1.165) is 5.56 Å². The third-order valence-corrected chi connectivity index (χ3v) is 5.70. The van der Waals surface area contributed by atoms with E-state index in [1.165, 1.54) is 30.1 Å². The summed E-state index contributed by atoms with van der Waals surface area (Å²) >= 11 is 0. The Morgan fingerprint density at radius 3 is 2.57 bits per heavy atom. The van der Waals surface area contributed by atoms with Crippen LogP contribution in [0.15, 0.2) is 47.4 Å². The van der Waals surface area contributed by atoms with Crippen molar-refractivity contribution in [1.82, 2.24) is 4.90 Å². The van der Waals surface area contributed by atoms with E-state index in [0.29, 0.717) is 11.3 Å². The summed E-state index contributed by atoms with van der Waals surface area (Å²) < 4.78 is 32.9. The average Bonchev–Trinajstić information content (AvgIpc) is 2.69. The molecule has 0 atom stereocenters. The van der Waals surface area contributed by atoms with Crippen molar-refractivity contribution < 1.29 is 22.7 Å². The van der Waals surface area contributed by atoms with Crippen molar-refractivity contribution >= 4 is 27.6 Å². The lowest BCUT2D eigenvalue weighted by Crippen LogP contribution is -2.32. The van der Waals surface area contributed by atoms with Crippen molar-refractivity contribution in [2.45, 2.75) is 25.2 Å². The number of nitriles is 1. The third kappa shape index (κ3) is 6.06. The number of amides is 1. The lowest BCUT2D eigenvalue weighted by atomic mass is 10.1. The lowest BCUT2D eigenvalue weighted by Gasteiger charge is -2.16. The lowest BCUT2D eigenvalue weighted by molar-refractivity contribution is -0.133. The summed E-state index contributed by atoms with van der Waals surface area (Å²) in [6.07, 6.45) is 0.170. The first kappa shape index (κ1) is 22.9. The van der Waals surface area contributed by atoms with Gasteiger partial charge in [-0.1, -0.05) is 18.2 Å². The fraction of sp³-hybridized carbons (Fsp3) is 0.286. The first-order valence-electron chi connectivity index (χ1n) is 9.12. The van der Waals surface area contributed by atoms with E-state index in [9.17, 15) is 18.0 Å². The molecule has 0 unspecified atom stereocenters. The molecule has 158 valence electrons. The van der Waals surface area contributed by atoms with Crippen LogP contribution in [0.5, 0.6) is 0 Å². The smallest absolute Gasteiger partial charge is 0.338 e. The van der Waals surface area contributed by atoms with E-state index in [-0.39, 0.29) is 23.4 Å². The topological polar surface area (TPSA) is 117 Å². The minimum Gasteiger partial charge on any atom is -0.452 e. The molecular formula is C21H23N3O5S. The van der Waals surface area contributed by atoms with Gasteiger partial charge in [-0.15, -0.1) is 0 Å². The Hall–Kier alpha value is -3.38. The van der Waals surface area contributed by atoms with Crippen LogP contribution in [0, 0.1) is 25.2 Å². The van der Waals surface area contributed by atoms with Crippen molar-refractivity contribution in [3.05, 3.63) is 59.2 Å². The van der Waals surface area contributed by atoms with Crippen LogP contribution in [0.4, 0.5) is 5.69 Å². The van der Waals surface area contributed by atoms with Crippen LogP contribution in [0.2, 0.25) is 0 Å². The molecule has 0 spiro atoms. The number of likely N-dealkylation sites (N-methyl/N-ethyl adjacent to an activating group) is 1. The number of hydrogen-bond acceptors (Lipinski definition) is 6. The Morgan fingerprint density at radius 2 is 1.90 bits per heavy atom. The summed E-state index contributed by atoms with van der Waals surface area (Å²) in [6, 6.07) is 12.9. The van der Waals surface area contributed by atoms with E-state index < -0.39 is 28.5 Å². The number of rotatable bonds is 8. The van der Waals surface area contributed by atoms with Gasteiger partial charge in [-0.3, -0.25) is 9.52 Å². The van der Waals surface area contributed by atoms with Gasteiger partial charge in [0.1, 0.15) is 0 Å². The van der Waals surface area contributed by atoms with E-state index >= 15 is 0 Å². The average molecular weight is 429 g/mol. The van der Waals surface area contributed by atoms with Crippen LogP contribution in [0.3, 0.4) is 0 Å². The molecule has 0 bridgehead atoms. The van der Waals surface area contributed by atoms with Crippen LogP contribution in [-0.2, 0) is 19.6 Å². The first-order chi connectivity index (χ1) is 14.1. The molecule has 0 aromatic heterocycles. The number of benzene rings is 2. The molecule has 0 aliphatic heterocycles. The molecule has 1 amide bonds. The number of ether oxygens (including phenoxy) is 1. The van der Waals surface area contributed by atoms with Gasteiger partial charge in [0.25, 0.3) is 15.9 Å². The number of sulfonamides is 1. The fourth-order valence-corrected chi connectivity index (χ4v) is 3.64. The van der Waals surface area contributed by atoms with Gasteiger partial charge in [-0.05, 0) is 49.2 Å². The molecule has 0 radical (unpaired) electrons. The standard InChI is InChI=1S/C21H23N3O5S/c1-15-6-4-7-17(12-15)23-30(27,28)18-9-8-16(2)19(13-18)21(26)29-14-20(25)24(3)11-5-10-22/h4,6-9,12-13,23H,5,11,14H2,1-3H3. The third-order valence-electron chi connectivity index (χ3n) is 4.32. The predicted molar refractivity (Wildman–Crippen MR) is 111 cm³/mol. The van der Waals surface area contributed by atoms with E-state index in [2.05, 4.69) is 4.72 Å². The number of esters is 1. The number of carbonyl (C=O) groups is 2. The fourth-order valence-electron chi connectivity index (χ4n) is 2.57. The number of nitrogens with zero attached hydrogens (tertiary/aromatic N) is 2. The summed E-state index contributed by atoms with van der Waals surface area (Å²) in [5, 5.41) is 8.57. The normalized spacial score (nSPS) is 10.7. The highest BCUT2D eigenvalue weighted by atomic mass is 32.2. The van der Waals surface area contributed by atoms with Crippen LogP contribution >= 0.6 is 0 Å². The molecule has 2 aromatic rings. The van der Waals surface area contributed by atoms with Crippen LogP contribution in [-0.4, -0.2) is 45.4 Å². The molecule has 0 saturated heterocycles. The number of aryl methyl sites for hydroxylation is 2. The molecule has 0 saturated carbocycles. The zero-order valence-corrected chi connectivity index (χ0v) is 17.8. The zero-order valence-electron chi connectivity index (χ0n) is 17.0. The molecule has 2 aromatic carbocycles. The number of carbonyl (C=O) groups excluding carboxylic acids is 2. The molecule has 0 heterocycles. The van der Waals surface area contributed by atoms with Gasteiger partial charge in [0, 0.05) is 19.3 Å². The second-order valence-corrected chi connectivity index (χ2v) is 8.43. The summed E-state index contributed by atoms with van der Waals surface area (Å²) in [4.78, 5) is 25.6. The number of nitrogens with one attached hydrogen (secondary N) is 1. The van der Waals surface area contributed by atoms with Crippen molar-refractivity contribution in [2.75, 3.05) is 24.9 Å². The number of anilines is 1. The van der Waals surface area contributed by atoms with Gasteiger partial charge < -0.3 is 9.64 Å². The molecule has 0 aliphatic rings. The highest BCUT2D eigenvalue weighted by molar-refractivity contribution is 7.92. The Morgan fingerprint density at radius 1 is 1.17 bits per heavy atom. The summed E-state index contributed by atoms with van der Waals surface area (Å²) in [7, 11) is -2.42. The van der Waals surface area contributed by atoms with Gasteiger partial charge >= 0.3 is 5.97 Å². The zero-order chi connectivity index (χ0) is 22.3. The second kappa shape index (κ2) is 9.89. The maximum atomic E-state index is 12.7. The maximum Gasteiger partial charge on any atom is 0.338 e. The Kier molecular flexibility index (Phi) is 7.55. The summed E-state index contributed by atoms with van der Waals surface area (Å²) in [5.41, 5.74) is 1.87. The molecule has 30 heavy (non-hydrogen) atoms. The molecule has 0 aliphatic carbocycles. The Balaban J connectivity index is 2.15. The molecule has 1 N–H and O–H groups in total. The van der Waals surface area contributed by atoms with Gasteiger partial charge in [0.15, 0.2) is 6.61 Å². The van der Waals surface area contributed by atoms with E-state index in [1.54, 1.807) is 25.1 Å². The van der Waals surface area contributed by atoms with Crippen LogP contribution in [0.1, 0.15) is 27.9 Å². The van der Waals surface area contributed by atoms with Gasteiger partial charge in [0.05, 0.1) is 22.9 Å². The SMILES string of the molecule is Cc1cccc(NS(=O)(=O)c2ccc(C)c(C(=O)OCC(=O)N(C)CCC#N)c2)c1. The Labute approximate surface area is 176 Å². The molecular weight excluding hydrogens is 406 g/mol. The predicted octanol–water partition coefficient (Wildman–Crippen LogP) is 2.63. The Bertz CT molecular complexity index is 1090. The molecule has 9 heteroatoms. The van der Waals surface area contributed by atoms with Crippen molar-refractivity contribution in [3.8, 4) is 6.07 Å². The van der Waals surface area contributed by atoms with Gasteiger partial charge in [-0.25, -0.2) is 13.2 Å². The highest BCUT2D eigenvalue weighted by Crippen LogP contribution is 2.20. The second-order valence-electron chi connectivity index (χ2n) is 6.75. The van der Waals surface area contributed by atoms with E-state index in [4.69, 9.17) is 10.00 Å². The first-order valence-corrected chi connectivity index (χ1v) is 10.6. The highest BCUT2D eigenvalue weighted by Gasteiger charge is 2.20. The maximum absolute atomic E-state index is 12.7. The molecule has 0 fully saturated rings. The minimum absolute atomic E-state index is 0.0506. The minimum atomic E-state index is -3.92. The summed E-state index contributed by atoms with van der Waals surface area (Å²) in [6.45, 7) is 3.21. The van der Waals surface area contributed by atoms with Gasteiger partial charge in [0.2, 0.25) is 0 Å². The van der Waals surface area contributed by atoms with Crippen molar-refractivity contribution in [1.29, 1.82) is 5.26 Å². The van der Waals surface area contributed by atoms with Crippen LogP contribution < -0.4 is 4.72 Å². The monoisotopic (exact) mass is 429 g/mol. The van der Waals surface area contributed by atoms with Crippen molar-refractivity contribution in [3.63, 3.8) is 0 Å². The quantitative estimate of drug-likeness (QED) is 0.645. The summed E-state index contributed by atoms with van der Waals surface area (Å²) in [5.74, 6) is -1.26. The largest absolute Gasteiger partial charge is 0.452 e. The van der Waals surface area contributed by atoms with E-state index in [1.807, 2.05) is 19.1 Å².